The van der Waals surface area contributed by atoms with Crippen LogP contribution in [0, 0.1) is 0 Å². The molecule has 0 radical (unpaired) electrons. The Bertz CT molecular complexity index is 1050. The van der Waals surface area contributed by atoms with Gasteiger partial charge in [-0.3, -0.25) is 5.21 Å². The van der Waals surface area contributed by atoms with Crippen LogP contribution in [-0.4, -0.2) is 56.9 Å². The van der Waals surface area contributed by atoms with Gasteiger partial charge >= 0.3 is 6.03 Å². The number of hydrogen-bond donors (Lipinski definition) is 2. The van der Waals surface area contributed by atoms with Gasteiger partial charge in [-0.05, 0) is 49.7 Å². The summed E-state index contributed by atoms with van der Waals surface area (Å²) in [5.41, 5.74) is 2.32. The maximum absolute atomic E-state index is 12.8. The van der Waals surface area contributed by atoms with Crippen molar-refractivity contribution in [2.45, 2.75) is 24.8 Å². The summed E-state index contributed by atoms with van der Waals surface area (Å²) in [4.78, 5) is 14.8. The molecule has 1 saturated heterocycles. The summed E-state index contributed by atoms with van der Waals surface area (Å²) in [5, 5.41) is 20.6. The first kappa shape index (κ1) is 24.6. The Kier molecular flexibility index (Phi) is 7.57. The van der Waals surface area contributed by atoms with Crippen LogP contribution in [0.5, 0.6) is 0 Å². The maximum Gasteiger partial charge on any atom is 0.347 e. The second-order valence-electron chi connectivity index (χ2n) is 7.82. The molecule has 0 spiro atoms. The molecule has 3 rings (SSSR count). The van der Waals surface area contributed by atoms with Gasteiger partial charge in [-0.15, -0.1) is 0 Å². The van der Waals surface area contributed by atoms with Crippen molar-refractivity contribution in [3.8, 4) is 0 Å². The van der Waals surface area contributed by atoms with E-state index in [1.165, 1.54) is 22.8 Å². The second kappa shape index (κ2) is 9.84. The van der Waals surface area contributed by atoms with Gasteiger partial charge in [0, 0.05) is 25.5 Å². The zero-order chi connectivity index (χ0) is 23.6. The smallest absolute Gasteiger partial charge is 0.347 e. The maximum atomic E-state index is 12.8. The molecule has 0 aliphatic carbocycles. The lowest BCUT2D eigenvalue weighted by Gasteiger charge is -2.34. The number of hydrazone groups is 1. The largest absolute Gasteiger partial charge is 0.378 e. The topological polar surface area (TPSA) is 71.4 Å². The van der Waals surface area contributed by atoms with Gasteiger partial charge in [0.25, 0.3) is 0 Å². The van der Waals surface area contributed by atoms with Crippen molar-refractivity contribution < 1.29 is 10.0 Å². The molecule has 11 heteroatoms. The second-order valence-corrected chi connectivity index (χ2v) is 10.9. The third-order valence-electron chi connectivity index (χ3n) is 4.74. The highest BCUT2D eigenvalue weighted by Gasteiger charge is 2.50. The van der Waals surface area contributed by atoms with E-state index in [-0.39, 0.29) is 0 Å². The number of halogens is 2. The standard InChI is InChI=1S/C21H23Cl2N5O2S2/c1-21(2)18(28(30)19(29)25-14-7-10-16(22)17(23)11-14)27(20(31)32-21)24-12-13-5-8-15(9-6-13)26(3)4/h5-12,18,30H,1-4H3,(H,25,29)/b24-12-/t18-/m1/s1. The molecule has 1 aliphatic heterocycles. The quantitative estimate of drug-likeness (QED) is 0.230. The number of hydrogen-bond acceptors (Lipinski definition) is 6. The highest BCUT2D eigenvalue weighted by atomic mass is 35.5. The van der Waals surface area contributed by atoms with Crippen molar-refractivity contribution in [1.29, 1.82) is 0 Å². The van der Waals surface area contributed by atoms with E-state index in [1.54, 1.807) is 18.3 Å². The number of carbonyl (C=O) groups excluding carboxylic acids is 1. The number of thiocarbonyl (C=S) groups is 1. The van der Waals surface area contributed by atoms with Crippen molar-refractivity contribution in [1.82, 2.24) is 10.1 Å². The van der Waals surface area contributed by atoms with Gasteiger partial charge in [-0.2, -0.15) is 10.2 Å². The van der Waals surface area contributed by atoms with Crippen molar-refractivity contribution in [3.63, 3.8) is 0 Å². The number of nitrogens with one attached hydrogen (secondary N) is 1. The van der Waals surface area contributed by atoms with Crippen LogP contribution >= 0.6 is 47.2 Å². The molecule has 0 saturated carbocycles. The van der Waals surface area contributed by atoms with E-state index in [2.05, 4.69) is 10.4 Å². The first-order valence-electron chi connectivity index (χ1n) is 9.57. The van der Waals surface area contributed by atoms with Crippen LogP contribution in [0.2, 0.25) is 10.0 Å². The van der Waals surface area contributed by atoms with Crippen LogP contribution in [0.25, 0.3) is 0 Å². The summed E-state index contributed by atoms with van der Waals surface area (Å²) in [7, 11) is 3.93. The molecule has 0 unspecified atom stereocenters. The molecular weight excluding hydrogens is 489 g/mol. The van der Waals surface area contributed by atoms with Gasteiger partial charge in [-0.1, -0.05) is 59.3 Å². The third kappa shape index (κ3) is 5.47. The molecule has 0 bridgehead atoms. The van der Waals surface area contributed by atoms with Crippen molar-refractivity contribution in [2.75, 3.05) is 24.3 Å². The van der Waals surface area contributed by atoms with Gasteiger partial charge in [0.05, 0.1) is 21.0 Å². The Morgan fingerprint density at radius 3 is 2.47 bits per heavy atom. The normalized spacial score (nSPS) is 17.7. The molecule has 2 amide bonds. The molecule has 1 fully saturated rings. The minimum atomic E-state index is -0.833. The van der Waals surface area contributed by atoms with Crippen LogP contribution in [0.4, 0.5) is 16.2 Å². The van der Waals surface area contributed by atoms with Crippen LogP contribution in [0.3, 0.4) is 0 Å². The number of hydroxylamine groups is 2. The summed E-state index contributed by atoms with van der Waals surface area (Å²) in [5.74, 6) is 0. The van der Waals surface area contributed by atoms with Gasteiger partial charge in [-0.25, -0.2) is 9.80 Å². The fourth-order valence-electron chi connectivity index (χ4n) is 3.08. The van der Waals surface area contributed by atoms with E-state index in [4.69, 9.17) is 35.4 Å². The molecule has 2 aromatic rings. The zero-order valence-corrected chi connectivity index (χ0v) is 21.1. The minimum absolute atomic E-state index is 0.290. The highest BCUT2D eigenvalue weighted by molar-refractivity contribution is 8.24. The zero-order valence-electron chi connectivity index (χ0n) is 17.9. The molecule has 2 N–H and O–H groups in total. The lowest BCUT2D eigenvalue weighted by Crippen LogP contribution is -2.54. The van der Waals surface area contributed by atoms with Crippen molar-refractivity contribution in [2.24, 2.45) is 5.10 Å². The van der Waals surface area contributed by atoms with Crippen molar-refractivity contribution >= 4 is 75.1 Å². The molecule has 2 aromatic carbocycles. The average Bonchev–Trinajstić information content (AvgIpc) is 2.96. The Morgan fingerprint density at radius 2 is 1.88 bits per heavy atom. The number of nitrogens with zero attached hydrogens (tertiary/aromatic N) is 4. The summed E-state index contributed by atoms with van der Waals surface area (Å²) < 4.78 is -0.171. The average molecular weight is 512 g/mol. The number of urea groups is 1. The Labute approximate surface area is 206 Å². The minimum Gasteiger partial charge on any atom is -0.378 e. The van der Waals surface area contributed by atoms with E-state index in [0.29, 0.717) is 25.1 Å². The van der Waals surface area contributed by atoms with E-state index in [9.17, 15) is 10.0 Å². The number of benzene rings is 2. The molecule has 1 aliphatic rings. The van der Waals surface area contributed by atoms with Gasteiger partial charge in [0.2, 0.25) is 0 Å². The van der Waals surface area contributed by atoms with E-state index in [1.807, 2.05) is 57.1 Å². The molecular formula is C21H23Cl2N5O2S2. The lowest BCUT2D eigenvalue weighted by atomic mass is 10.1. The summed E-state index contributed by atoms with van der Waals surface area (Å²) in [6.45, 7) is 3.76. The molecule has 170 valence electrons. The number of carbonyl (C=O) groups is 1. The van der Waals surface area contributed by atoms with Gasteiger partial charge in [0.1, 0.15) is 0 Å². The van der Waals surface area contributed by atoms with Crippen LogP contribution in [-0.2, 0) is 0 Å². The predicted molar refractivity (Wildman–Crippen MR) is 137 cm³/mol. The molecule has 1 atom stereocenters. The summed E-state index contributed by atoms with van der Waals surface area (Å²) >= 11 is 18.8. The van der Waals surface area contributed by atoms with Crippen molar-refractivity contribution in [3.05, 3.63) is 58.1 Å². The summed E-state index contributed by atoms with van der Waals surface area (Å²) in [6, 6.07) is 11.7. The SMILES string of the molecule is CN(C)c1ccc(/C=N\N2C(=S)SC(C)(C)[C@H]2N(O)C(=O)Nc2ccc(Cl)c(Cl)c2)cc1. The predicted octanol–water partition coefficient (Wildman–Crippen LogP) is 5.76. The highest BCUT2D eigenvalue weighted by Crippen LogP contribution is 2.42. The fourth-order valence-corrected chi connectivity index (χ4v) is 5.17. The third-order valence-corrected chi connectivity index (χ3v) is 7.02. The van der Waals surface area contributed by atoms with E-state index in [0.717, 1.165) is 11.3 Å². The van der Waals surface area contributed by atoms with Crippen LogP contribution < -0.4 is 10.2 Å². The van der Waals surface area contributed by atoms with E-state index >= 15 is 0 Å². The van der Waals surface area contributed by atoms with Gasteiger partial charge < -0.3 is 10.2 Å². The van der Waals surface area contributed by atoms with E-state index < -0.39 is 16.9 Å². The van der Waals surface area contributed by atoms with Crippen LogP contribution in [0.15, 0.2) is 47.6 Å². The molecule has 7 nitrogen and oxygen atoms in total. The Hall–Kier alpha value is -2.04. The lowest BCUT2D eigenvalue weighted by molar-refractivity contribution is -0.114. The Morgan fingerprint density at radius 1 is 1.22 bits per heavy atom. The molecule has 0 aromatic heterocycles. The number of rotatable bonds is 5. The number of thioether (sulfide) groups is 1. The summed E-state index contributed by atoms with van der Waals surface area (Å²) in [6.07, 6.45) is 0.811. The number of anilines is 2. The first-order chi connectivity index (χ1) is 15.0. The first-order valence-corrected chi connectivity index (χ1v) is 11.6. The van der Waals surface area contributed by atoms with Gasteiger partial charge in [0.15, 0.2) is 10.5 Å². The monoisotopic (exact) mass is 511 g/mol. The fraction of sp³-hybridized carbons (Fsp3) is 0.286. The van der Waals surface area contributed by atoms with Crippen LogP contribution in [0.1, 0.15) is 19.4 Å². The molecule has 32 heavy (non-hydrogen) atoms. The Balaban J connectivity index is 1.80. The number of amides is 2. The molecule has 1 heterocycles.